The zero-order chi connectivity index (χ0) is 21.6. The summed E-state index contributed by atoms with van der Waals surface area (Å²) in [5.74, 6) is 0.00592. The number of anilines is 3. The minimum Gasteiger partial charge on any atom is -0.356 e. The minimum absolute atomic E-state index is 0.00592. The standard InChI is InChI=1S/C26H26N4O/c1-19-18-20(2)30(29-19)25-15-8-21(9-16-25)10-17-26(31)28-24-13-11-23(12-14-24)27-22-6-4-3-5-7-22/h3-9,11-16,18,27H,10,17H2,1-2H3,(H,28,31). The Hall–Kier alpha value is -3.86. The molecule has 0 radical (unpaired) electrons. The van der Waals surface area contributed by atoms with Crippen molar-refractivity contribution in [3.05, 3.63) is 102 Å². The lowest BCUT2D eigenvalue weighted by Crippen LogP contribution is -2.12. The first-order valence-corrected chi connectivity index (χ1v) is 10.4. The average molecular weight is 411 g/mol. The molecule has 156 valence electrons. The van der Waals surface area contributed by atoms with Gasteiger partial charge in [-0.15, -0.1) is 0 Å². The van der Waals surface area contributed by atoms with Crippen molar-refractivity contribution in [3.63, 3.8) is 0 Å². The van der Waals surface area contributed by atoms with E-state index >= 15 is 0 Å². The van der Waals surface area contributed by atoms with Crippen LogP contribution in [0.2, 0.25) is 0 Å². The van der Waals surface area contributed by atoms with Crippen molar-refractivity contribution in [1.29, 1.82) is 0 Å². The molecule has 0 bridgehead atoms. The van der Waals surface area contributed by atoms with E-state index in [-0.39, 0.29) is 5.91 Å². The van der Waals surface area contributed by atoms with Crippen molar-refractivity contribution < 1.29 is 4.79 Å². The van der Waals surface area contributed by atoms with Crippen LogP contribution in [0.25, 0.3) is 5.69 Å². The van der Waals surface area contributed by atoms with Crippen molar-refractivity contribution in [1.82, 2.24) is 9.78 Å². The van der Waals surface area contributed by atoms with E-state index in [9.17, 15) is 4.79 Å². The molecule has 0 aliphatic carbocycles. The van der Waals surface area contributed by atoms with Gasteiger partial charge < -0.3 is 10.6 Å². The molecule has 5 nitrogen and oxygen atoms in total. The highest BCUT2D eigenvalue weighted by atomic mass is 16.1. The van der Waals surface area contributed by atoms with Gasteiger partial charge >= 0.3 is 0 Å². The van der Waals surface area contributed by atoms with Crippen molar-refractivity contribution >= 4 is 23.0 Å². The summed E-state index contributed by atoms with van der Waals surface area (Å²) < 4.78 is 1.93. The number of carbonyl (C=O) groups is 1. The maximum absolute atomic E-state index is 12.4. The Morgan fingerprint density at radius 2 is 1.48 bits per heavy atom. The fraction of sp³-hybridized carbons (Fsp3) is 0.154. The summed E-state index contributed by atoms with van der Waals surface area (Å²) in [4.78, 5) is 12.4. The third kappa shape index (κ3) is 5.39. The van der Waals surface area contributed by atoms with E-state index in [1.54, 1.807) is 0 Å². The SMILES string of the molecule is Cc1cc(C)n(-c2ccc(CCC(=O)Nc3ccc(Nc4ccccc4)cc3)cc2)n1. The molecule has 0 aliphatic heterocycles. The number of nitrogens with one attached hydrogen (secondary N) is 2. The van der Waals surface area contributed by atoms with Crippen molar-refractivity contribution in [2.24, 2.45) is 0 Å². The Kier molecular flexibility index (Phi) is 6.13. The molecule has 1 aromatic heterocycles. The Morgan fingerprint density at radius 1 is 0.839 bits per heavy atom. The maximum Gasteiger partial charge on any atom is 0.224 e. The highest BCUT2D eigenvalue weighted by molar-refractivity contribution is 5.91. The number of carbonyl (C=O) groups excluding carboxylic acids is 1. The van der Waals surface area contributed by atoms with Crippen molar-refractivity contribution in [2.75, 3.05) is 10.6 Å². The Bertz CT molecular complexity index is 1150. The molecule has 0 atom stereocenters. The Labute approximate surface area is 182 Å². The van der Waals surface area contributed by atoms with Gasteiger partial charge in [-0.2, -0.15) is 5.10 Å². The lowest BCUT2D eigenvalue weighted by atomic mass is 10.1. The summed E-state index contributed by atoms with van der Waals surface area (Å²) in [7, 11) is 0. The zero-order valence-corrected chi connectivity index (χ0v) is 17.8. The molecular weight excluding hydrogens is 384 g/mol. The number of para-hydroxylation sites is 1. The number of aromatic nitrogens is 2. The van der Waals surface area contributed by atoms with E-state index in [0.29, 0.717) is 12.8 Å². The summed E-state index contributed by atoms with van der Waals surface area (Å²) in [6, 6.07) is 28.0. The number of amides is 1. The molecule has 0 spiro atoms. The molecule has 1 amide bonds. The summed E-state index contributed by atoms with van der Waals surface area (Å²) >= 11 is 0. The van der Waals surface area contributed by atoms with E-state index in [1.165, 1.54) is 0 Å². The first-order chi connectivity index (χ1) is 15.1. The summed E-state index contributed by atoms with van der Waals surface area (Å²) in [5.41, 5.74) is 7.07. The largest absolute Gasteiger partial charge is 0.356 e. The van der Waals surface area contributed by atoms with Gasteiger partial charge in [-0.1, -0.05) is 30.3 Å². The summed E-state index contributed by atoms with van der Waals surface area (Å²) in [6.45, 7) is 4.03. The molecule has 0 fully saturated rings. The van der Waals surface area contributed by atoms with E-state index in [0.717, 1.165) is 39.7 Å². The van der Waals surface area contributed by atoms with Gasteiger partial charge in [0.2, 0.25) is 5.91 Å². The molecule has 3 aromatic carbocycles. The van der Waals surface area contributed by atoms with Crippen LogP contribution in [0.1, 0.15) is 23.4 Å². The second-order valence-electron chi connectivity index (χ2n) is 7.62. The van der Waals surface area contributed by atoms with Crippen LogP contribution in [0.5, 0.6) is 0 Å². The van der Waals surface area contributed by atoms with Crippen molar-refractivity contribution in [2.45, 2.75) is 26.7 Å². The molecule has 0 unspecified atom stereocenters. The number of hydrogen-bond acceptors (Lipinski definition) is 3. The normalized spacial score (nSPS) is 10.6. The van der Waals surface area contributed by atoms with Crippen LogP contribution in [0.4, 0.5) is 17.1 Å². The topological polar surface area (TPSA) is 59.0 Å². The number of benzene rings is 3. The second kappa shape index (κ2) is 9.30. The molecule has 0 saturated carbocycles. The highest BCUT2D eigenvalue weighted by Gasteiger charge is 2.06. The quantitative estimate of drug-likeness (QED) is 0.405. The van der Waals surface area contributed by atoms with Gasteiger partial charge in [0.25, 0.3) is 0 Å². The van der Waals surface area contributed by atoms with Crippen LogP contribution in [0, 0.1) is 13.8 Å². The summed E-state index contributed by atoms with van der Waals surface area (Å²) in [5, 5.41) is 10.8. The lowest BCUT2D eigenvalue weighted by molar-refractivity contribution is -0.116. The smallest absolute Gasteiger partial charge is 0.224 e. The molecular formula is C26H26N4O. The van der Waals surface area contributed by atoms with Crippen LogP contribution in [-0.4, -0.2) is 15.7 Å². The molecule has 4 aromatic rings. The van der Waals surface area contributed by atoms with E-state index in [2.05, 4.69) is 33.9 Å². The zero-order valence-electron chi connectivity index (χ0n) is 17.8. The van der Waals surface area contributed by atoms with Gasteiger partial charge in [-0.25, -0.2) is 4.68 Å². The molecule has 31 heavy (non-hydrogen) atoms. The molecule has 5 heteroatoms. The van der Waals surface area contributed by atoms with Crippen LogP contribution in [0.15, 0.2) is 84.9 Å². The third-order valence-corrected chi connectivity index (χ3v) is 5.06. The maximum atomic E-state index is 12.4. The number of aryl methyl sites for hydroxylation is 3. The van der Waals surface area contributed by atoms with Gasteiger partial charge in [0, 0.05) is 29.2 Å². The predicted octanol–water partition coefficient (Wildman–Crippen LogP) is 5.80. The third-order valence-electron chi connectivity index (χ3n) is 5.06. The number of nitrogens with zero attached hydrogens (tertiary/aromatic N) is 2. The van der Waals surface area contributed by atoms with Gasteiger partial charge in [0.05, 0.1) is 11.4 Å². The van der Waals surface area contributed by atoms with E-state index in [1.807, 2.05) is 85.3 Å². The molecule has 1 heterocycles. The van der Waals surface area contributed by atoms with Gasteiger partial charge in [0.15, 0.2) is 0 Å². The molecule has 0 saturated heterocycles. The molecule has 2 N–H and O–H groups in total. The van der Waals surface area contributed by atoms with Gasteiger partial charge in [-0.05, 0) is 80.4 Å². The monoisotopic (exact) mass is 410 g/mol. The minimum atomic E-state index is 0.00592. The van der Waals surface area contributed by atoms with Crippen LogP contribution in [0.3, 0.4) is 0 Å². The van der Waals surface area contributed by atoms with Crippen LogP contribution in [-0.2, 0) is 11.2 Å². The second-order valence-corrected chi connectivity index (χ2v) is 7.62. The van der Waals surface area contributed by atoms with Gasteiger partial charge in [-0.3, -0.25) is 4.79 Å². The van der Waals surface area contributed by atoms with Crippen LogP contribution < -0.4 is 10.6 Å². The van der Waals surface area contributed by atoms with E-state index in [4.69, 9.17) is 0 Å². The number of hydrogen-bond donors (Lipinski definition) is 2. The molecule has 0 aliphatic rings. The first-order valence-electron chi connectivity index (χ1n) is 10.4. The Morgan fingerprint density at radius 3 is 2.13 bits per heavy atom. The van der Waals surface area contributed by atoms with Crippen molar-refractivity contribution in [3.8, 4) is 5.69 Å². The van der Waals surface area contributed by atoms with E-state index < -0.39 is 0 Å². The highest BCUT2D eigenvalue weighted by Crippen LogP contribution is 2.19. The van der Waals surface area contributed by atoms with Gasteiger partial charge in [0.1, 0.15) is 0 Å². The fourth-order valence-corrected chi connectivity index (χ4v) is 3.50. The van der Waals surface area contributed by atoms with Crippen LogP contribution >= 0.6 is 0 Å². The summed E-state index contributed by atoms with van der Waals surface area (Å²) in [6.07, 6.45) is 1.13. The lowest BCUT2D eigenvalue weighted by Gasteiger charge is -2.09. The molecule has 4 rings (SSSR count). The fourth-order valence-electron chi connectivity index (χ4n) is 3.50. The average Bonchev–Trinajstić information content (AvgIpc) is 3.12. The number of rotatable bonds is 7. The Balaban J connectivity index is 1.28. The first kappa shape index (κ1) is 20.4. The predicted molar refractivity (Wildman–Crippen MR) is 126 cm³/mol.